The minimum absolute atomic E-state index is 0.0373. The van der Waals surface area contributed by atoms with Gasteiger partial charge in [-0.15, -0.1) is 0 Å². The first kappa shape index (κ1) is 16.9. The third-order valence-electron chi connectivity index (χ3n) is 4.28. The van der Waals surface area contributed by atoms with Crippen molar-refractivity contribution in [3.63, 3.8) is 0 Å². The number of nitrogens with zero attached hydrogens (tertiary/aromatic N) is 3. The van der Waals surface area contributed by atoms with Gasteiger partial charge in [-0.2, -0.15) is 13.2 Å². The van der Waals surface area contributed by atoms with E-state index in [1.807, 2.05) is 0 Å². The van der Waals surface area contributed by atoms with Gasteiger partial charge < -0.3 is 5.11 Å². The lowest BCUT2D eigenvalue weighted by Gasteiger charge is -2.26. The summed E-state index contributed by atoms with van der Waals surface area (Å²) in [4.78, 5) is 10.6. The molecule has 1 N–H and O–H groups in total. The Morgan fingerprint density at radius 1 is 1.17 bits per heavy atom. The predicted molar refractivity (Wildman–Crippen MR) is 82.0 cm³/mol. The van der Waals surface area contributed by atoms with Crippen LogP contribution in [0.3, 0.4) is 0 Å². The molecule has 7 heteroatoms. The van der Waals surface area contributed by atoms with Crippen molar-refractivity contribution in [2.24, 2.45) is 0 Å². The van der Waals surface area contributed by atoms with Crippen LogP contribution in [0, 0.1) is 0 Å². The largest absolute Gasteiger partial charge is 0.416 e. The molecule has 24 heavy (non-hydrogen) atoms. The second-order valence-electron chi connectivity index (χ2n) is 5.90. The molecule has 1 unspecified atom stereocenters. The molecule has 3 rings (SSSR count). The number of halogens is 3. The zero-order valence-corrected chi connectivity index (χ0v) is 12.9. The number of rotatable bonds is 4. The lowest BCUT2D eigenvalue weighted by atomic mass is 10.1. The van der Waals surface area contributed by atoms with Crippen molar-refractivity contribution in [2.45, 2.75) is 31.2 Å². The number of aliphatic hydroxyl groups is 1. The van der Waals surface area contributed by atoms with Gasteiger partial charge in [0.15, 0.2) is 0 Å². The summed E-state index contributed by atoms with van der Waals surface area (Å²) in [5, 5.41) is 10.4. The van der Waals surface area contributed by atoms with Crippen LogP contribution >= 0.6 is 0 Å². The Bertz CT molecular complexity index is 661. The van der Waals surface area contributed by atoms with Gasteiger partial charge >= 0.3 is 6.18 Å². The van der Waals surface area contributed by atoms with Crippen molar-refractivity contribution >= 4 is 0 Å². The number of aromatic nitrogens is 2. The normalized spacial score (nSPS) is 20.2. The molecule has 0 spiro atoms. The molecule has 0 bridgehead atoms. The highest BCUT2D eigenvalue weighted by Gasteiger charge is 2.31. The first-order chi connectivity index (χ1) is 11.4. The van der Waals surface area contributed by atoms with Gasteiger partial charge in [0.2, 0.25) is 0 Å². The molecule has 128 valence electrons. The smallest absolute Gasteiger partial charge is 0.387 e. The average molecular weight is 337 g/mol. The van der Waals surface area contributed by atoms with E-state index >= 15 is 0 Å². The van der Waals surface area contributed by atoms with Crippen LogP contribution in [0.5, 0.6) is 0 Å². The second-order valence-corrected chi connectivity index (χ2v) is 5.90. The second kappa shape index (κ2) is 6.86. The molecule has 0 aliphatic carbocycles. The number of hydrogen-bond acceptors (Lipinski definition) is 4. The Kier molecular flexibility index (Phi) is 4.82. The first-order valence-electron chi connectivity index (χ1n) is 7.81. The summed E-state index contributed by atoms with van der Waals surface area (Å²) < 4.78 is 37.8. The summed E-state index contributed by atoms with van der Waals surface area (Å²) in [6, 6.07) is 6.45. The SMILES string of the molecule is O[C@@H](CN1CCCC1c1ncccn1)c1ccc(C(F)(F)F)cc1. The number of alkyl halides is 3. The van der Waals surface area contributed by atoms with E-state index in [-0.39, 0.29) is 6.04 Å². The summed E-state index contributed by atoms with van der Waals surface area (Å²) >= 11 is 0. The fraction of sp³-hybridized carbons (Fsp3) is 0.412. The van der Waals surface area contributed by atoms with Crippen LogP contribution in [0.25, 0.3) is 0 Å². The van der Waals surface area contributed by atoms with Gasteiger partial charge in [-0.25, -0.2) is 9.97 Å². The van der Waals surface area contributed by atoms with E-state index in [1.54, 1.807) is 18.5 Å². The molecular weight excluding hydrogens is 319 g/mol. The molecule has 1 aromatic carbocycles. The van der Waals surface area contributed by atoms with Crippen LogP contribution in [0.4, 0.5) is 13.2 Å². The van der Waals surface area contributed by atoms with E-state index in [1.165, 1.54) is 12.1 Å². The van der Waals surface area contributed by atoms with Crippen molar-refractivity contribution in [1.82, 2.24) is 14.9 Å². The highest BCUT2D eigenvalue weighted by atomic mass is 19.4. The number of aliphatic hydroxyl groups excluding tert-OH is 1. The Labute approximate surface area is 138 Å². The molecule has 2 aromatic rings. The third-order valence-corrected chi connectivity index (χ3v) is 4.28. The Hall–Kier alpha value is -1.99. The molecule has 1 aliphatic rings. The summed E-state index contributed by atoms with van der Waals surface area (Å²) in [5.41, 5.74) is -0.238. The van der Waals surface area contributed by atoms with Crippen molar-refractivity contribution in [3.8, 4) is 0 Å². The molecule has 0 amide bonds. The van der Waals surface area contributed by atoms with E-state index in [0.29, 0.717) is 12.1 Å². The van der Waals surface area contributed by atoms with E-state index in [4.69, 9.17) is 0 Å². The van der Waals surface area contributed by atoms with E-state index in [0.717, 1.165) is 37.3 Å². The van der Waals surface area contributed by atoms with E-state index < -0.39 is 17.8 Å². The molecule has 1 fully saturated rings. The zero-order valence-electron chi connectivity index (χ0n) is 12.9. The fourth-order valence-corrected chi connectivity index (χ4v) is 3.04. The van der Waals surface area contributed by atoms with E-state index in [2.05, 4.69) is 14.9 Å². The lowest BCUT2D eigenvalue weighted by molar-refractivity contribution is -0.137. The Morgan fingerprint density at radius 2 is 1.83 bits per heavy atom. The van der Waals surface area contributed by atoms with Gasteiger partial charge in [-0.3, -0.25) is 4.90 Å². The summed E-state index contributed by atoms with van der Waals surface area (Å²) in [5.74, 6) is 0.717. The van der Waals surface area contributed by atoms with Gasteiger partial charge in [-0.1, -0.05) is 12.1 Å². The van der Waals surface area contributed by atoms with Crippen LogP contribution in [0.2, 0.25) is 0 Å². The summed E-state index contributed by atoms with van der Waals surface area (Å²) in [6.07, 6.45) is 0.0354. The van der Waals surface area contributed by atoms with Gasteiger partial charge in [0, 0.05) is 18.9 Å². The van der Waals surface area contributed by atoms with Gasteiger partial charge in [0.1, 0.15) is 5.82 Å². The van der Waals surface area contributed by atoms with Gasteiger partial charge in [-0.05, 0) is 43.1 Å². The van der Waals surface area contributed by atoms with Crippen molar-refractivity contribution in [2.75, 3.05) is 13.1 Å². The topological polar surface area (TPSA) is 49.2 Å². The average Bonchev–Trinajstić information content (AvgIpc) is 3.03. The number of benzene rings is 1. The minimum atomic E-state index is -4.37. The fourth-order valence-electron chi connectivity index (χ4n) is 3.04. The standard InChI is InChI=1S/C17H18F3N3O/c18-17(19,20)13-6-4-12(5-7-13)15(24)11-23-10-1-3-14(23)16-21-8-2-9-22-16/h2,4-9,14-15,24H,1,3,10-11H2/t14?,15-/m0/s1. The molecule has 2 atom stereocenters. The van der Waals surface area contributed by atoms with Crippen molar-refractivity contribution in [3.05, 3.63) is 59.7 Å². The maximum Gasteiger partial charge on any atom is 0.416 e. The Balaban J connectivity index is 1.69. The summed E-state index contributed by atoms with van der Waals surface area (Å²) in [6.45, 7) is 1.15. The highest BCUT2D eigenvalue weighted by molar-refractivity contribution is 5.26. The molecule has 4 nitrogen and oxygen atoms in total. The van der Waals surface area contributed by atoms with Crippen LogP contribution in [0.1, 0.15) is 41.9 Å². The molecule has 0 radical (unpaired) electrons. The molecule has 0 saturated carbocycles. The quantitative estimate of drug-likeness (QED) is 0.929. The third kappa shape index (κ3) is 3.73. The number of β-amino-alcohol motifs (C(OH)–C–C–N with tert-alkyl or cyclic N) is 1. The first-order valence-corrected chi connectivity index (χ1v) is 7.81. The molecular formula is C17H18F3N3O. The van der Waals surface area contributed by atoms with Crippen molar-refractivity contribution < 1.29 is 18.3 Å². The number of likely N-dealkylation sites (tertiary alicyclic amines) is 1. The van der Waals surface area contributed by atoms with Gasteiger partial charge in [0.25, 0.3) is 0 Å². The van der Waals surface area contributed by atoms with Crippen molar-refractivity contribution in [1.29, 1.82) is 0 Å². The predicted octanol–water partition coefficient (Wildman–Crippen LogP) is 3.37. The number of hydrogen-bond donors (Lipinski definition) is 1. The van der Waals surface area contributed by atoms with Crippen LogP contribution in [-0.2, 0) is 6.18 Å². The van der Waals surface area contributed by atoms with Crippen LogP contribution < -0.4 is 0 Å². The van der Waals surface area contributed by atoms with E-state index in [9.17, 15) is 18.3 Å². The molecule has 1 saturated heterocycles. The molecule has 2 heterocycles. The maximum atomic E-state index is 12.6. The monoisotopic (exact) mass is 337 g/mol. The molecule has 1 aliphatic heterocycles. The molecule has 1 aromatic heterocycles. The zero-order chi connectivity index (χ0) is 17.2. The van der Waals surface area contributed by atoms with Gasteiger partial charge in [0.05, 0.1) is 17.7 Å². The van der Waals surface area contributed by atoms with Crippen LogP contribution in [0.15, 0.2) is 42.7 Å². The summed E-state index contributed by atoms with van der Waals surface area (Å²) in [7, 11) is 0. The maximum absolute atomic E-state index is 12.6. The Morgan fingerprint density at radius 3 is 2.46 bits per heavy atom. The van der Waals surface area contributed by atoms with Crippen LogP contribution in [-0.4, -0.2) is 33.1 Å². The minimum Gasteiger partial charge on any atom is -0.387 e. The lowest BCUT2D eigenvalue weighted by Crippen LogP contribution is -2.29. The highest BCUT2D eigenvalue weighted by Crippen LogP contribution is 2.33.